The average Bonchev–Trinajstić information content (AvgIpc) is 3.35. The van der Waals surface area contributed by atoms with Crippen LogP contribution in [-0.4, -0.2) is 29.6 Å². The molecular formula is C33H31ClN2O3. The molecule has 0 bridgehead atoms. The highest BCUT2D eigenvalue weighted by Crippen LogP contribution is 2.59. The molecule has 3 aromatic rings. The number of nitrogens with zero attached hydrogens (tertiary/aromatic N) is 1. The number of carbonyl (C=O) groups is 3. The molecule has 1 saturated heterocycles. The normalized spacial score (nSPS) is 25.1. The summed E-state index contributed by atoms with van der Waals surface area (Å²) in [5.74, 6) is -1.53. The maximum absolute atomic E-state index is 14.7. The van der Waals surface area contributed by atoms with Gasteiger partial charge in [-0.1, -0.05) is 68.3 Å². The number of amides is 1. The summed E-state index contributed by atoms with van der Waals surface area (Å²) in [4.78, 5) is 45.6. The van der Waals surface area contributed by atoms with Crippen molar-refractivity contribution in [3.8, 4) is 0 Å². The van der Waals surface area contributed by atoms with Gasteiger partial charge in [0.2, 0.25) is 5.91 Å². The van der Waals surface area contributed by atoms with Gasteiger partial charge in [-0.05, 0) is 67.4 Å². The van der Waals surface area contributed by atoms with Crippen molar-refractivity contribution in [1.29, 1.82) is 0 Å². The lowest BCUT2D eigenvalue weighted by Crippen LogP contribution is -2.51. The van der Waals surface area contributed by atoms with Crippen LogP contribution in [-0.2, 0) is 15.0 Å². The van der Waals surface area contributed by atoms with Gasteiger partial charge in [-0.15, -0.1) is 0 Å². The number of Topliss-reactive ketones (excluding diaryl/α,β-unsaturated/α-hetero) is 2. The van der Waals surface area contributed by atoms with Gasteiger partial charge < -0.3 is 10.2 Å². The summed E-state index contributed by atoms with van der Waals surface area (Å²) in [5.41, 5.74) is 3.81. The van der Waals surface area contributed by atoms with E-state index in [0.717, 1.165) is 28.0 Å². The zero-order valence-corrected chi connectivity index (χ0v) is 23.5. The van der Waals surface area contributed by atoms with Gasteiger partial charge in [0.1, 0.15) is 11.5 Å². The highest BCUT2D eigenvalue weighted by atomic mass is 35.5. The van der Waals surface area contributed by atoms with Crippen LogP contribution in [0.5, 0.6) is 0 Å². The molecule has 1 N–H and O–H groups in total. The van der Waals surface area contributed by atoms with E-state index in [1.165, 1.54) is 0 Å². The van der Waals surface area contributed by atoms with E-state index >= 15 is 0 Å². The third-order valence-electron chi connectivity index (χ3n) is 8.55. The maximum atomic E-state index is 14.7. The molecule has 0 aliphatic carbocycles. The molecule has 1 fully saturated rings. The van der Waals surface area contributed by atoms with Crippen LogP contribution < -0.4 is 10.2 Å². The molecule has 1 spiro atoms. The van der Waals surface area contributed by atoms with Gasteiger partial charge in [-0.3, -0.25) is 14.4 Å². The van der Waals surface area contributed by atoms with E-state index < -0.39 is 28.8 Å². The minimum atomic E-state index is -1.30. The van der Waals surface area contributed by atoms with Gasteiger partial charge in [-0.2, -0.15) is 0 Å². The number of benzene rings is 3. The number of allylic oxidation sites excluding steroid dienone is 1. The van der Waals surface area contributed by atoms with Crippen molar-refractivity contribution in [2.24, 2.45) is 11.3 Å². The fraction of sp³-hybridized carbons (Fsp3) is 0.303. The molecule has 4 atom stereocenters. The average molecular weight is 539 g/mol. The Labute approximate surface area is 233 Å². The van der Waals surface area contributed by atoms with E-state index in [2.05, 4.69) is 22.4 Å². The Kier molecular flexibility index (Phi) is 5.67. The SMILES string of the molecule is CC1=C[C@@H]2N(c3ccc(C)cc31)[C@H](C(=O)C(C)(C)C)[C@H](C(=O)c1ccc(Cl)cc1)[C@@]21C(=O)Nc2ccccc21. The van der Waals surface area contributed by atoms with Gasteiger partial charge in [0.15, 0.2) is 11.6 Å². The van der Waals surface area contributed by atoms with Crippen LogP contribution in [0, 0.1) is 18.3 Å². The first kappa shape index (κ1) is 25.6. The quantitative estimate of drug-likeness (QED) is 0.380. The standard InChI is InChI=1S/C33H31ClN2O3/c1-18-10-15-25-22(16-18)19(2)17-26-33(23-8-6-7-9-24(23)35-31(33)39)27(28(36(25)26)30(38)32(3,4)5)29(37)20-11-13-21(34)14-12-20/h6-17,26-28H,1-5H3,(H,35,39)/t26-,27+,28-,33-/m0/s1. The Morgan fingerprint density at radius 3 is 2.36 bits per heavy atom. The smallest absolute Gasteiger partial charge is 0.238 e. The van der Waals surface area contributed by atoms with E-state index in [0.29, 0.717) is 16.3 Å². The van der Waals surface area contributed by atoms with Crippen LogP contribution >= 0.6 is 11.6 Å². The summed E-state index contributed by atoms with van der Waals surface area (Å²) >= 11 is 6.16. The van der Waals surface area contributed by atoms with Crippen molar-refractivity contribution in [3.63, 3.8) is 0 Å². The minimum absolute atomic E-state index is 0.0756. The molecule has 0 saturated carbocycles. The first-order valence-electron chi connectivity index (χ1n) is 13.3. The van der Waals surface area contributed by atoms with Crippen molar-refractivity contribution < 1.29 is 14.4 Å². The van der Waals surface area contributed by atoms with Crippen LogP contribution in [0.4, 0.5) is 11.4 Å². The molecule has 5 nitrogen and oxygen atoms in total. The summed E-state index contributed by atoms with van der Waals surface area (Å²) in [6.07, 6.45) is 2.08. The highest BCUT2D eigenvalue weighted by molar-refractivity contribution is 6.30. The number of aryl methyl sites for hydroxylation is 1. The third kappa shape index (κ3) is 3.56. The van der Waals surface area contributed by atoms with Crippen LogP contribution in [0.25, 0.3) is 5.57 Å². The first-order valence-corrected chi connectivity index (χ1v) is 13.7. The number of para-hydroxylation sites is 1. The Morgan fingerprint density at radius 2 is 1.67 bits per heavy atom. The second-order valence-electron chi connectivity index (χ2n) is 12.0. The second kappa shape index (κ2) is 8.65. The fourth-order valence-corrected chi connectivity index (χ4v) is 6.91. The monoisotopic (exact) mass is 538 g/mol. The van der Waals surface area contributed by atoms with Crippen molar-refractivity contribution in [3.05, 3.63) is 100 Å². The largest absolute Gasteiger partial charge is 0.352 e. The molecule has 39 heavy (non-hydrogen) atoms. The van der Waals surface area contributed by atoms with E-state index in [1.54, 1.807) is 24.3 Å². The van der Waals surface area contributed by atoms with Crippen molar-refractivity contribution >= 4 is 46.0 Å². The van der Waals surface area contributed by atoms with Gasteiger partial charge in [0.25, 0.3) is 0 Å². The number of anilines is 2. The highest BCUT2D eigenvalue weighted by Gasteiger charge is 2.71. The second-order valence-corrected chi connectivity index (χ2v) is 12.4. The zero-order valence-electron chi connectivity index (χ0n) is 22.7. The Hall–Kier alpha value is -3.70. The molecule has 3 heterocycles. The molecule has 0 radical (unpaired) electrons. The number of fused-ring (bicyclic) bond motifs is 6. The molecule has 1 amide bonds. The van der Waals surface area contributed by atoms with Crippen LogP contribution in [0.3, 0.4) is 0 Å². The molecule has 0 aromatic heterocycles. The van der Waals surface area contributed by atoms with E-state index in [9.17, 15) is 14.4 Å². The first-order chi connectivity index (χ1) is 18.5. The van der Waals surface area contributed by atoms with Gasteiger partial charge in [0, 0.05) is 32.9 Å². The van der Waals surface area contributed by atoms with Gasteiger partial charge >= 0.3 is 0 Å². The number of hydrogen-bond acceptors (Lipinski definition) is 4. The molecule has 3 aromatic carbocycles. The summed E-state index contributed by atoms with van der Waals surface area (Å²) in [6.45, 7) is 9.71. The van der Waals surface area contributed by atoms with E-state index in [4.69, 9.17) is 11.6 Å². The number of ketones is 2. The lowest BCUT2D eigenvalue weighted by molar-refractivity contribution is -0.128. The number of nitrogens with one attached hydrogen (secondary N) is 1. The molecule has 6 heteroatoms. The molecule has 198 valence electrons. The maximum Gasteiger partial charge on any atom is 0.238 e. The molecule has 0 unspecified atom stereocenters. The predicted octanol–water partition coefficient (Wildman–Crippen LogP) is 6.63. The van der Waals surface area contributed by atoms with E-state index in [1.807, 2.05) is 71.0 Å². The van der Waals surface area contributed by atoms with Crippen LogP contribution in [0.15, 0.2) is 72.8 Å². The van der Waals surface area contributed by atoms with Crippen molar-refractivity contribution in [2.75, 3.05) is 10.2 Å². The number of halogens is 1. The molecule has 6 rings (SSSR count). The van der Waals surface area contributed by atoms with Crippen molar-refractivity contribution in [1.82, 2.24) is 0 Å². The van der Waals surface area contributed by atoms with Gasteiger partial charge in [-0.25, -0.2) is 0 Å². The summed E-state index contributed by atoms with van der Waals surface area (Å²) in [6, 6.07) is 19.0. The van der Waals surface area contributed by atoms with Gasteiger partial charge in [0.05, 0.1) is 12.0 Å². The number of rotatable bonds is 3. The molecular weight excluding hydrogens is 508 g/mol. The zero-order chi connectivity index (χ0) is 27.9. The van der Waals surface area contributed by atoms with Crippen LogP contribution in [0.2, 0.25) is 5.02 Å². The molecule has 3 aliphatic heterocycles. The minimum Gasteiger partial charge on any atom is -0.352 e. The van der Waals surface area contributed by atoms with E-state index in [-0.39, 0.29) is 17.5 Å². The summed E-state index contributed by atoms with van der Waals surface area (Å²) in [5, 5.41) is 3.59. The predicted molar refractivity (Wildman–Crippen MR) is 155 cm³/mol. The number of hydrogen-bond donors (Lipinski definition) is 1. The van der Waals surface area contributed by atoms with Crippen molar-refractivity contribution in [2.45, 2.75) is 52.1 Å². The fourth-order valence-electron chi connectivity index (χ4n) is 6.78. The van der Waals surface area contributed by atoms with Crippen LogP contribution in [0.1, 0.15) is 54.7 Å². The molecule has 3 aliphatic rings. The topological polar surface area (TPSA) is 66.5 Å². The summed E-state index contributed by atoms with van der Waals surface area (Å²) in [7, 11) is 0. The third-order valence-corrected chi connectivity index (χ3v) is 8.80. The summed E-state index contributed by atoms with van der Waals surface area (Å²) < 4.78 is 0. The lowest BCUT2D eigenvalue weighted by Gasteiger charge is -2.40. The number of carbonyl (C=O) groups excluding carboxylic acids is 3. The Morgan fingerprint density at radius 1 is 0.974 bits per heavy atom. The lowest BCUT2D eigenvalue weighted by atomic mass is 9.63. The Bertz CT molecular complexity index is 1580. The Balaban J connectivity index is 1.70.